The number of anilines is 1. The lowest BCUT2D eigenvalue weighted by Crippen LogP contribution is -2.45. The number of allylic oxidation sites excluding steroid dienone is 2. The Hall–Kier alpha value is -3.13. The van der Waals surface area contributed by atoms with Crippen LogP contribution in [0.1, 0.15) is 31.7 Å². The van der Waals surface area contributed by atoms with Gasteiger partial charge in [-0.1, -0.05) is 13.0 Å². The van der Waals surface area contributed by atoms with Crippen molar-refractivity contribution >= 4 is 11.6 Å². The molecular formula is C21H26FN7. The zero-order valence-corrected chi connectivity index (χ0v) is 16.7. The summed E-state index contributed by atoms with van der Waals surface area (Å²) in [6, 6.07) is 8.78. The molecule has 0 spiro atoms. The number of hydrogen-bond donors (Lipinski definition) is 3. The van der Waals surface area contributed by atoms with E-state index in [4.69, 9.17) is 16.6 Å². The van der Waals surface area contributed by atoms with Gasteiger partial charge in [0.05, 0.1) is 6.54 Å². The number of nitrogens with two attached hydrogens (primary N) is 2. The predicted octanol–water partition coefficient (Wildman–Crippen LogP) is 3.17. The van der Waals surface area contributed by atoms with Crippen LogP contribution in [-0.2, 0) is 0 Å². The van der Waals surface area contributed by atoms with Crippen LogP contribution >= 0.6 is 0 Å². The summed E-state index contributed by atoms with van der Waals surface area (Å²) in [5.74, 6) is 6.48. The minimum atomic E-state index is -0.247. The largest absolute Gasteiger partial charge is 0.401 e. The van der Waals surface area contributed by atoms with Gasteiger partial charge in [0.25, 0.3) is 0 Å². The number of halogens is 1. The van der Waals surface area contributed by atoms with Gasteiger partial charge in [-0.3, -0.25) is 0 Å². The molecule has 29 heavy (non-hydrogen) atoms. The molecule has 1 aliphatic heterocycles. The number of benzene rings is 1. The molecule has 1 atom stereocenters. The molecule has 3 heterocycles. The lowest BCUT2D eigenvalue weighted by molar-refractivity contribution is 0.277. The molecule has 0 bridgehead atoms. The highest BCUT2D eigenvalue weighted by molar-refractivity contribution is 5.79. The summed E-state index contributed by atoms with van der Waals surface area (Å²) in [6.45, 7) is 4.56. The zero-order chi connectivity index (χ0) is 20.5. The first-order valence-corrected chi connectivity index (χ1v) is 9.84. The molecule has 0 amide bonds. The average Bonchev–Trinajstić information content (AvgIpc) is 3.10. The van der Waals surface area contributed by atoms with Gasteiger partial charge in [-0.15, -0.1) is 5.10 Å². The van der Waals surface area contributed by atoms with Gasteiger partial charge in [-0.25, -0.2) is 14.7 Å². The molecule has 3 aromatic rings. The molecule has 7 nitrogen and oxygen atoms in total. The van der Waals surface area contributed by atoms with Crippen LogP contribution in [0, 0.1) is 12.7 Å². The SMILES string of the molecule is CC/C(N)=C1\CCC(Nc2nc3c(-c4ccc(F)cc4C)cccn3n2)CN1N. The van der Waals surface area contributed by atoms with E-state index in [-0.39, 0.29) is 11.9 Å². The summed E-state index contributed by atoms with van der Waals surface area (Å²) in [6.07, 6.45) is 4.37. The fourth-order valence-corrected chi connectivity index (χ4v) is 3.85. The van der Waals surface area contributed by atoms with E-state index in [0.717, 1.165) is 53.0 Å². The van der Waals surface area contributed by atoms with E-state index in [2.05, 4.69) is 10.4 Å². The highest BCUT2D eigenvalue weighted by atomic mass is 19.1. The first-order valence-electron chi connectivity index (χ1n) is 9.84. The van der Waals surface area contributed by atoms with E-state index in [1.54, 1.807) is 15.6 Å². The summed E-state index contributed by atoms with van der Waals surface area (Å²) in [5, 5.41) is 9.68. The van der Waals surface area contributed by atoms with Gasteiger partial charge in [0.1, 0.15) is 5.82 Å². The fourth-order valence-electron chi connectivity index (χ4n) is 3.85. The van der Waals surface area contributed by atoms with Crippen LogP contribution in [0.4, 0.5) is 10.3 Å². The number of pyridine rings is 1. The number of aromatic nitrogens is 3. The maximum atomic E-state index is 13.5. The summed E-state index contributed by atoms with van der Waals surface area (Å²) in [7, 11) is 0. The highest BCUT2D eigenvalue weighted by Gasteiger charge is 2.24. The standard InChI is InChI=1S/C21H26FN7/c1-3-18(23)19-9-7-15(12-28(19)24)25-21-26-20-17(5-4-10-29(20)27-21)16-8-6-14(22)11-13(16)2/h4-6,8,10-11,15H,3,7,9,12,23-24H2,1-2H3,(H,25,27)/b19-18-. The number of fused-ring (bicyclic) bond motifs is 1. The number of hydrazine groups is 1. The lowest BCUT2D eigenvalue weighted by Gasteiger charge is -2.34. The third kappa shape index (κ3) is 3.75. The van der Waals surface area contributed by atoms with E-state index in [1.165, 1.54) is 12.1 Å². The summed E-state index contributed by atoms with van der Waals surface area (Å²) >= 11 is 0. The monoisotopic (exact) mass is 395 g/mol. The summed E-state index contributed by atoms with van der Waals surface area (Å²) < 4.78 is 15.2. The molecule has 4 rings (SSSR count). The maximum absolute atomic E-state index is 13.5. The quantitative estimate of drug-likeness (QED) is 0.587. The van der Waals surface area contributed by atoms with E-state index in [9.17, 15) is 4.39 Å². The minimum absolute atomic E-state index is 0.127. The second-order valence-corrected chi connectivity index (χ2v) is 7.44. The van der Waals surface area contributed by atoms with Crippen molar-refractivity contribution in [2.75, 3.05) is 11.9 Å². The van der Waals surface area contributed by atoms with E-state index < -0.39 is 0 Å². The van der Waals surface area contributed by atoms with Crippen LogP contribution in [0.5, 0.6) is 0 Å². The molecule has 152 valence electrons. The van der Waals surface area contributed by atoms with Crippen LogP contribution in [-0.4, -0.2) is 32.2 Å². The van der Waals surface area contributed by atoms with E-state index in [1.807, 2.05) is 32.2 Å². The Bertz CT molecular complexity index is 1070. The molecule has 0 aliphatic carbocycles. The molecule has 0 saturated carbocycles. The number of hydrogen-bond acceptors (Lipinski definition) is 6. The van der Waals surface area contributed by atoms with Crippen molar-refractivity contribution in [1.82, 2.24) is 19.6 Å². The molecule has 5 N–H and O–H groups in total. The van der Waals surface area contributed by atoms with Gasteiger partial charge < -0.3 is 16.1 Å². The predicted molar refractivity (Wildman–Crippen MR) is 112 cm³/mol. The smallest absolute Gasteiger partial charge is 0.243 e. The summed E-state index contributed by atoms with van der Waals surface area (Å²) in [5.41, 5.74) is 11.4. The van der Waals surface area contributed by atoms with Crippen LogP contribution in [0.3, 0.4) is 0 Å². The fraction of sp³-hybridized carbons (Fsp3) is 0.333. The Balaban J connectivity index is 1.59. The Morgan fingerprint density at radius 3 is 2.86 bits per heavy atom. The average molecular weight is 395 g/mol. The second-order valence-electron chi connectivity index (χ2n) is 7.44. The molecular weight excluding hydrogens is 369 g/mol. The molecule has 1 saturated heterocycles. The van der Waals surface area contributed by atoms with Crippen LogP contribution in [0.2, 0.25) is 0 Å². The van der Waals surface area contributed by atoms with Crippen molar-refractivity contribution in [2.24, 2.45) is 11.6 Å². The zero-order valence-electron chi connectivity index (χ0n) is 16.7. The van der Waals surface area contributed by atoms with Gasteiger partial charge in [-0.2, -0.15) is 4.98 Å². The third-order valence-electron chi connectivity index (χ3n) is 5.42. The molecule has 1 unspecified atom stereocenters. The number of aryl methyl sites for hydroxylation is 1. The Kier molecular flexibility index (Phi) is 5.10. The summed E-state index contributed by atoms with van der Waals surface area (Å²) in [4.78, 5) is 4.69. The molecule has 2 aromatic heterocycles. The number of piperidine rings is 1. The van der Waals surface area contributed by atoms with Crippen molar-refractivity contribution in [3.63, 3.8) is 0 Å². The Morgan fingerprint density at radius 1 is 1.31 bits per heavy atom. The van der Waals surface area contributed by atoms with E-state index >= 15 is 0 Å². The van der Waals surface area contributed by atoms with Gasteiger partial charge in [-0.05, 0) is 61.6 Å². The third-order valence-corrected chi connectivity index (χ3v) is 5.42. The molecule has 1 aliphatic rings. The van der Waals surface area contributed by atoms with Crippen molar-refractivity contribution in [3.8, 4) is 11.1 Å². The lowest BCUT2D eigenvalue weighted by atomic mass is 10.0. The van der Waals surface area contributed by atoms with Gasteiger partial charge >= 0.3 is 0 Å². The van der Waals surface area contributed by atoms with Gasteiger partial charge in [0.2, 0.25) is 5.95 Å². The number of nitrogens with one attached hydrogen (secondary N) is 1. The van der Waals surface area contributed by atoms with E-state index in [0.29, 0.717) is 12.5 Å². The normalized spacial score (nSPS) is 18.9. The van der Waals surface area contributed by atoms with Crippen molar-refractivity contribution in [2.45, 2.75) is 39.2 Å². The molecule has 1 aromatic carbocycles. The van der Waals surface area contributed by atoms with Crippen molar-refractivity contribution < 1.29 is 4.39 Å². The van der Waals surface area contributed by atoms with Gasteiger partial charge in [0.15, 0.2) is 5.65 Å². The highest BCUT2D eigenvalue weighted by Crippen LogP contribution is 2.28. The maximum Gasteiger partial charge on any atom is 0.243 e. The van der Waals surface area contributed by atoms with Crippen molar-refractivity contribution in [1.29, 1.82) is 0 Å². The van der Waals surface area contributed by atoms with Crippen LogP contribution in [0.15, 0.2) is 47.9 Å². The molecule has 0 radical (unpaired) electrons. The Morgan fingerprint density at radius 2 is 2.14 bits per heavy atom. The van der Waals surface area contributed by atoms with Gasteiger partial charge in [0, 0.05) is 29.2 Å². The number of rotatable bonds is 4. The van der Waals surface area contributed by atoms with Crippen LogP contribution < -0.4 is 16.9 Å². The first-order chi connectivity index (χ1) is 14.0. The van der Waals surface area contributed by atoms with Crippen molar-refractivity contribution in [3.05, 3.63) is 59.3 Å². The molecule has 8 heteroatoms. The number of nitrogens with zero attached hydrogens (tertiary/aromatic N) is 4. The molecule has 1 fully saturated rings. The van der Waals surface area contributed by atoms with Crippen LogP contribution in [0.25, 0.3) is 16.8 Å². The topological polar surface area (TPSA) is 97.5 Å². The minimum Gasteiger partial charge on any atom is -0.401 e. The Labute approximate surface area is 169 Å². The second kappa shape index (κ2) is 7.71. The first kappa shape index (κ1) is 19.2.